The highest BCUT2D eigenvalue weighted by Crippen LogP contribution is 2.56. The second kappa shape index (κ2) is 5.46. The van der Waals surface area contributed by atoms with E-state index in [2.05, 4.69) is 9.47 Å². The van der Waals surface area contributed by atoms with Gasteiger partial charge in [0.15, 0.2) is 0 Å². The van der Waals surface area contributed by atoms with E-state index in [1.807, 2.05) is 0 Å². The van der Waals surface area contributed by atoms with Crippen molar-refractivity contribution in [2.45, 2.75) is 18.0 Å². The maximum Gasteiger partial charge on any atom is 0.417 e. The van der Waals surface area contributed by atoms with Gasteiger partial charge in [0.25, 0.3) is 0 Å². The van der Waals surface area contributed by atoms with Crippen LogP contribution in [0.25, 0.3) is 0 Å². The molecule has 1 aliphatic rings. The van der Waals surface area contributed by atoms with E-state index in [4.69, 9.17) is 11.6 Å². The molecule has 0 amide bonds. The van der Waals surface area contributed by atoms with Crippen molar-refractivity contribution in [3.8, 4) is 0 Å². The van der Waals surface area contributed by atoms with Crippen LogP contribution in [0.5, 0.6) is 0 Å². The molecular weight excluding hydrogens is 325 g/mol. The third kappa shape index (κ3) is 2.54. The Morgan fingerprint density at radius 3 is 2.41 bits per heavy atom. The molecule has 0 N–H and O–H groups in total. The molecule has 22 heavy (non-hydrogen) atoms. The van der Waals surface area contributed by atoms with E-state index < -0.39 is 40.0 Å². The average Bonchev–Trinajstić information content (AvgIpc) is 3.21. The average molecular weight is 337 g/mol. The number of alkyl halides is 3. The van der Waals surface area contributed by atoms with Gasteiger partial charge in [0.2, 0.25) is 0 Å². The fourth-order valence-corrected chi connectivity index (χ4v) is 2.78. The number of ether oxygens (including phenoxy) is 2. The third-order valence-corrected chi connectivity index (χ3v) is 4.11. The number of esters is 2. The standard InChI is InChI=1S/C14H12ClF3O4/c1-21-11(19)9-6-13(9,12(20)22-2)7-3-4-10(15)8(5-7)14(16,17)18/h3-5,9H,6H2,1-2H3. The summed E-state index contributed by atoms with van der Waals surface area (Å²) in [6, 6.07) is 3.12. The lowest BCUT2D eigenvalue weighted by molar-refractivity contribution is -0.149. The Morgan fingerprint density at radius 1 is 1.27 bits per heavy atom. The van der Waals surface area contributed by atoms with Crippen molar-refractivity contribution in [3.05, 3.63) is 34.3 Å². The smallest absolute Gasteiger partial charge is 0.417 e. The summed E-state index contributed by atoms with van der Waals surface area (Å²) in [5, 5.41) is -0.480. The van der Waals surface area contributed by atoms with Gasteiger partial charge in [-0.2, -0.15) is 13.2 Å². The van der Waals surface area contributed by atoms with Gasteiger partial charge < -0.3 is 9.47 Å². The second-order valence-electron chi connectivity index (χ2n) is 4.94. The van der Waals surface area contributed by atoms with Crippen LogP contribution < -0.4 is 0 Å². The number of carbonyl (C=O) groups excluding carboxylic acids is 2. The van der Waals surface area contributed by atoms with E-state index >= 15 is 0 Å². The Labute approximate surface area is 129 Å². The van der Waals surface area contributed by atoms with Crippen LogP contribution in [0.2, 0.25) is 5.02 Å². The molecule has 120 valence electrons. The van der Waals surface area contributed by atoms with Crippen molar-refractivity contribution in [2.75, 3.05) is 14.2 Å². The molecule has 2 atom stereocenters. The normalized spacial score (nSPS) is 23.8. The van der Waals surface area contributed by atoms with Crippen LogP contribution in [0.1, 0.15) is 17.5 Å². The van der Waals surface area contributed by atoms with Gasteiger partial charge in [0, 0.05) is 0 Å². The second-order valence-corrected chi connectivity index (χ2v) is 5.34. The Hall–Kier alpha value is -1.76. The van der Waals surface area contributed by atoms with Crippen LogP contribution in [0.15, 0.2) is 18.2 Å². The molecule has 0 aliphatic heterocycles. The van der Waals surface area contributed by atoms with E-state index in [9.17, 15) is 22.8 Å². The van der Waals surface area contributed by atoms with Crippen molar-refractivity contribution in [1.82, 2.24) is 0 Å². The van der Waals surface area contributed by atoms with Crippen LogP contribution >= 0.6 is 11.6 Å². The zero-order chi connectivity index (χ0) is 16.7. The molecule has 1 saturated carbocycles. The molecule has 2 rings (SSSR count). The molecule has 0 heterocycles. The monoisotopic (exact) mass is 336 g/mol. The van der Waals surface area contributed by atoms with Crippen LogP contribution in [0.4, 0.5) is 13.2 Å². The van der Waals surface area contributed by atoms with Gasteiger partial charge in [-0.3, -0.25) is 9.59 Å². The Kier molecular flexibility index (Phi) is 4.12. The van der Waals surface area contributed by atoms with Gasteiger partial charge in [-0.05, 0) is 24.1 Å². The molecule has 4 nitrogen and oxygen atoms in total. The van der Waals surface area contributed by atoms with Crippen molar-refractivity contribution >= 4 is 23.5 Å². The predicted octanol–water partition coefficient (Wildman–Crippen LogP) is 2.96. The van der Waals surface area contributed by atoms with Crippen molar-refractivity contribution in [3.63, 3.8) is 0 Å². The summed E-state index contributed by atoms with van der Waals surface area (Å²) in [5.74, 6) is -2.32. The molecular formula is C14H12ClF3O4. The number of hydrogen-bond acceptors (Lipinski definition) is 4. The van der Waals surface area contributed by atoms with Gasteiger partial charge in [0.05, 0.1) is 30.7 Å². The highest BCUT2D eigenvalue weighted by Gasteiger charge is 2.66. The zero-order valence-corrected chi connectivity index (χ0v) is 12.4. The van der Waals surface area contributed by atoms with Crippen LogP contribution in [0, 0.1) is 5.92 Å². The van der Waals surface area contributed by atoms with Gasteiger partial charge >= 0.3 is 18.1 Å². The number of rotatable bonds is 3. The lowest BCUT2D eigenvalue weighted by Crippen LogP contribution is -2.28. The molecule has 1 aliphatic carbocycles. The van der Waals surface area contributed by atoms with Crippen molar-refractivity contribution < 1.29 is 32.2 Å². The predicted molar refractivity (Wildman–Crippen MR) is 70.3 cm³/mol. The number of methoxy groups -OCH3 is 2. The first-order valence-electron chi connectivity index (χ1n) is 6.22. The van der Waals surface area contributed by atoms with Crippen LogP contribution in [-0.2, 0) is 30.7 Å². The maximum absolute atomic E-state index is 12.9. The SMILES string of the molecule is COC(=O)C1CC1(C(=O)OC)c1ccc(Cl)c(C(F)(F)F)c1. The molecule has 0 spiro atoms. The Bertz CT molecular complexity index is 629. The lowest BCUT2D eigenvalue weighted by atomic mass is 9.91. The third-order valence-electron chi connectivity index (χ3n) is 3.78. The fourth-order valence-electron chi connectivity index (χ4n) is 2.55. The Morgan fingerprint density at radius 2 is 1.91 bits per heavy atom. The molecule has 1 fully saturated rings. The maximum atomic E-state index is 12.9. The van der Waals surface area contributed by atoms with Gasteiger partial charge in [-0.15, -0.1) is 0 Å². The first kappa shape index (κ1) is 16.6. The number of benzene rings is 1. The minimum absolute atomic E-state index is 0.0330. The van der Waals surface area contributed by atoms with Crippen molar-refractivity contribution in [1.29, 1.82) is 0 Å². The van der Waals surface area contributed by atoms with Crippen LogP contribution in [-0.4, -0.2) is 26.2 Å². The Balaban J connectivity index is 2.52. The minimum atomic E-state index is -4.67. The topological polar surface area (TPSA) is 52.6 Å². The molecule has 0 saturated heterocycles. The van der Waals surface area contributed by atoms with Crippen LogP contribution in [0.3, 0.4) is 0 Å². The summed E-state index contributed by atoms with van der Waals surface area (Å²) in [5.41, 5.74) is -2.48. The fraction of sp³-hybridized carbons (Fsp3) is 0.429. The first-order valence-corrected chi connectivity index (χ1v) is 6.59. The highest BCUT2D eigenvalue weighted by molar-refractivity contribution is 6.31. The molecule has 1 aromatic rings. The summed E-state index contributed by atoms with van der Waals surface area (Å²) in [4.78, 5) is 23.7. The number of halogens is 4. The van der Waals surface area contributed by atoms with Crippen molar-refractivity contribution in [2.24, 2.45) is 5.92 Å². The molecule has 0 radical (unpaired) electrons. The minimum Gasteiger partial charge on any atom is -0.469 e. The quantitative estimate of drug-likeness (QED) is 0.796. The number of carbonyl (C=O) groups is 2. The summed E-state index contributed by atoms with van der Waals surface area (Å²) in [6.07, 6.45) is -4.63. The van der Waals surface area contributed by atoms with E-state index in [0.29, 0.717) is 0 Å². The molecule has 0 bridgehead atoms. The van der Waals surface area contributed by atoms with Gasteiger partial charge in [-0.1, -0.05) is 17.7 Å². The largest absolute Gasteiger partial charge is 0.469 e. The number of hydrogen-bond donors (Lipinski definition) is 0. The molecule has 8 heteroatoms. The van der Waals surface area contributed by atoms with E-state index in [1.165, 1.54) is 6.07 Å². The summed E-state index contributed by atoms with van der Waals surface area (Å²) in [6.45, 7) is 0. The lowest BCUT2D eigenvalue weighted by Gasteiger charge is -2.17. The van der Waals surface area contributed by atoms with Gasteiger partial charge in [0.1, 0.15) is 5.41 Å². The molecule has 2 unspecified atom stereocenters. The highest BCUT2D eigenvalue weighted by atomic mass is 35.5. The first-order chi connectivity index (χ1) is 10.2. The van der Waals surface area contributed by atoms with E-state index in [-0.39, 0.29) is 12.0 Å². The summed E-state index contributed by atoms with van der Waals surface area (Å²) < 4.78 is 48.1. The van der Waals surface area contributed by atoms with E-state index in [1.54, 1.807) is 0 Å². The molecule has 0 aromatic heterocycles. The summed E-state index contributed by atoms with van der Waals surface area (Å²) >= 11 is 5.56. The van der Waals surface area contributed by atoms with E-state index in [0.717, 1.165) is 26.4 Å². The summed E-state index contributed by atoms with van der Waals surface area (Å²) in [7, 11) is 2.25. The molecule has 1 aromatic carbocycles. The van der Waals surface area contributed by atoms with Gasteiger partial charge in [-0.25, -0.2) is 0 Å². The zero-order valence-electron chi connectivity index (χ0n) is 11.7.